The van der Waals surface area contributed by atoms with Gasteiger partial charge in [-0.15, -0.1) is 0 Å². The van der Waals surface area contributed by atoms with Crippen LogP contribution < -0.4 is 4.74 Å². The molecule has 3 rings (SSSR count). The van der Waals surface area contributed by atoms with E-state index in [0.717, 1.165) is 0 Å². The molecule has 1 fully saturated rings. The summed E-state index contributed by atoms with van der Waals surface area (Å²) in [6, 6.07) is 6.77. The molecule has 0 radical (unpaired) electrons. The Bertz CT molecular complexity index is 696. The third-order valence-electron chi connectivity index (χ3n) is 4.48. The number of carbonyl (C=O) groups excluding carboxylic acids is 2. The molecule has 1 aromatic carbocycles. The number of esters is 1. The first kappa shape index (κ1) is 18.6. The van der Waals surface area contributed by atoms with Crippen LogP contribution in [0.2, 0.25) is 0 Å². The standard InChI is InChI=1S/C19H22O7/c1-12(20)25-15-7-9-19(17(21)11-15)24-10-8-16(26-19)18(22)13-3-5-14(23-2)6-4-13/h3-7,9,15-17,21H,8,10-11H2,1-2H3/t15-,16+,17-,19+/m0/s1. The summed E-state index contributed by atoms with van der Waals surface area (Å²) in [6.45, 7) is 1.58. The van der Waals surface area contributed by atoms with Crippen molar-refractivity contribution in [3.63, 3.8) is 0 Å². The number of methoxy groups -OCH3 is 1. The molecule has 0 saturated carbocycles. The van der Waals surface area contributed by atoms with Crippen molar-refractivity contribution in [1.29, 1.82) is 0 Å². The topological polar surface area (TPSA) is 91.3 Å². The summed E-state index contributed by atoms with van der Waals surface area (Å²) < 4.78 is 21.7. The van der Waals surface area contributed by atoms with Crippen LogP contribution in [0.1, 0.15) is 30.1 Å². The fourth-order valence-electron chi connectivity index (χ4n) is 3.14. The van der Waals surface area contributed by atoms with E-state index in [9.17, 15) is 14.7 Å². The minimum Gasteiger partial charge on any atom is -0.497 e. The second-order valence-electron chi connectivity index (χ2n) is 6.32. The number of benzene rings is 1. The van der Waals surface area contributed by atoms with Crippen molar-refractivity contribution in [2.24, 2.45) is 0 Å². The fraction of sp³-hybridized carbons (Fsp3) is 0.474. The van der Waals surface area contributed by atoms with Crippen LogP contribution in [0.25, 0.3) is 0 Å². The van der Waals surface area contributed by atoms with Gasteiger partial charge in [0.25, 0.3) is 0 Å². The summed E-state index contributed by atoms with van der Waals surface area (Å²) in [4.78, 5) is 23.8. The molecule has 7 heteroatoms. The first-order chi connectivity index (χ1) is 12.4. The Hall–Kier alpha value is -2.22. The van der Waals surface area contributed by atoms with Gasteiger partial charge >= 0.3 is 5.97 Å². The molecule has 1 spiro atoms. The number of Topliss-reactive ketones (excluding diaryl/α,β-unsaturated/α-hetero) is 1. The van der Waals surface area contributed by atoms with Crippen LogP contribution in [0.5, 0.6) is 5.75 Å². The third kappa shape index (κ3) is 3.80. The molecule has 4 atom stereocenters. The van der Waals surface area contributed by atoms with Gasteiger partial charge in [-0.1, -0.05) is 0 Å². The molecule has 1 aliphatic carbocycles. The van der Waals surface area contributed by atoms with Crippen molar-refractivity contribution in [3.8, 4) is 5.75 Å². The van der Waals surface area contributed by atoms with Crippen molar-refractivity contribution in [1.82, 2.24) is 0 Å². The zero-order valence-corrected chi connectivity index (χ0v) is 14.7. The Morgan fingerprint density at radius 3 is 2.62 bits per heavy atom. The van der Waals surface area contributed by atoms with Gasteiger partial charge in [-0.3, -0.25) is 9.59 Å². The Morgan fingerprint density at radius 2 is 2.00 bits per heavy atom. The summed E-state index contributed by atoms with van der Waals surface area (Å²) in [5.74, 6) is -1.35. The molecule has 0 aromatic heterocycles. The molecule has 140 valence electrons. The summed E-state index contributed by atoms with van der Waals surface area (Å²) >= 11 is 0. The highest BCUT2D eigenvalue weighted by atomic mass is 16.7. The first-order valence-electron chi connectivity index (χ1n) is 8.48. The summed E-state index contributed by atoms with van der Waals surface area (Å²) in [5, 5.41) is 10.5. The van der Waals surface area contributed by atoms with Crippen molar-refractivity contribution in [3.05, 3.63) is 42.0 Å². The van der Waals surface area contributed by atoms with Gasteiger partial charge in [-0.2, -0.15) is 0 Å². The van der Waals surface area contributed by atoms with Gasteiger partial charge in [0.05, 0.1) is 13.7 Å². The predicted molar refractivity (Wildman–Crippen MR) is 90.8 cm³/mol. The maximum atomic E-state index is 12.7. The summed E-state index contributed by atoms with van der Waals surface area (Å²) in [5.41, 5.74) is 0.500. The zero-order valence-electron chi connectivity index (χ0n) is 14.7. The molecule has 0 unspecified atom stereocenters. The molecule has 2 aliphatic rings. The average Bonchev–Trinajstić information content (AvgIpc) is 2.64. The number of aliphatic hydroxyl groups excluding tert-OH is 1. The van der Waals surface area contributed by atoms with Gasteiger partial charge in [0, 0.05) is 25.3 Å². The molecule has 1 heterocycles. The highest BCUT2D eigenvalue weighted by molar-refractivity contribution is 5.99. The Labute approximate surface area is 151 Å². The van der Waals surface area contributed by atoms with Gasteiger partial charge in [0.2, 0.25) is 5.79 Å². The van der Waals surface area contributed by atoms with Crippen LogP contribution in [-0.4, -0.2) is 54.7 Å². The number of hydrogen-bond acceptors (Lipinski definition) is 7. The predicted octanol–water partition coefficient (Wildman–Crippen LogP) is 1.63. The number of carbonyl (C=O) groups is 2. The average molecular weight is 362 g/mol. The van der Waals surface area contributed by atoms with E-state index in [0.29, 0.717) is 17.7 Å². The van der Waals surface area contributed by atoms with E-state index >= 15 is 0 Å². The van der Waals surface area contributed by atoms with Crippen LogP contribution in [0, 0.1) is 0 Å². The number of ether oxygens (including phenoxy) is 4. The van der Waals surface area contributed by atoms with Crippen molar-refractivity contribution in [2.75, 3.05) is 13.7 Å². The normalized spacial score (nSPS) is 30.8. The zero-order chi connectivity index (χ0) is 18.7. The molecule has 1 saturated heterocycles. The van der Waals surface area contributed by atoms with E-state index in [1.807, 2.05) is 0 Å². The van der Waals surface area contributed by atoms with Gasteiger partial charge in [-0.05, 0) is 36.4 Å². The van der Waals surface area contributed by atoms with E-state index in [4.69, 9.17) is 18.9 Å². The van der Waals surface area contributed by atoms with Crippen LogP contribution in [0.4, 0.5) is 0 Å². The number of ketones is 1. The highest BCUT2D eigenvalue weighted by Crippen LogP contribution is 2.35. The maximum Gasteiger partial charge on any atom is 0.303 e. The maximum absolute atomic E-state index is 12.7. The molecule has 0 bridgehead atoms. The molecule has 1 N–H and O–H groups in total. The Kier molecular flexibility index (Phi) is 5.41. The summed E-state index contributed by atoms with van der Waals surface area (Å²) in [7, 11) is 1.56. The van der Waals surface area contributed by atoms with Crippen molar-refractivity contribution < 1.29 is 33.6 Å². The van der Waals surface area contributed by atoms with Crippen LogP contribution >= 0.6 is 0 Å². The van der Waals surface area contributed by atoms with E-state index in [-0.39, 0.29) is 18.8 Å². The van der Waals surface area contributed by atoms with Gasteiger partial charge in [-0.25, -0.2) is 0 Å². The number of hydrogen-bond donors (Lipinski definition) is 1. The van der Waals surface area contributed by atoms with E-state index < -0.39 is 30.1 Å². The quantitative estimate of drug-likeness (QED) is 0.494. The second-order valence-corrected chi connectivity index (χ2v) is 6.32. The minimum absolute atomic E-state index is 0.138. The minimum atomic E-state index is -1.40. The lowest BCUT2D eigenvalue weighted by atomic mass is 9.93. The molecule has 1 aliphatic heterocycles. The lowest BCUT2D eigenvalue weighted by molar-refractivity contribution is -0.298. The second kappa shape index (κ2) is 7.57. The molecular formula is C19H22O7. The number of aliphatic hydroxyl groups is 1. The Morgan fingerprint density at radius 1 is 1.27 bits per heavy atom. The van der Waals surface area contributed by atoms with E-state index in [1.54, 1.807) is 37.5 Å². The van der Waals surface area contributed by atoms with Crippen LogP contribution in [0.15, 0.2) is 36.4 Å². The monoisotopic (exact) mass is 362 g/mol. The molecule has 26 heavy (non-hydrogen) atoms. The SMILES string of the molecule is COc1ccc(C(=O)[C@H]2CCO[C@]3(C=C[C@H](OC(C)=O)C[C@@H]3O)O2)cc1. The smallest absolute Gasteiger partial charge is 0.303 e. The molecular weight excluding hydrogens is 340 g/mol. The first-order valence-corrected chi connectivity index (χ1v) is 8.48. The van der Waals surface area contributed by atoms with Crippen LogP contribution in [-0.2, 0) is 19.0 Å². The molecule has 0 amide bonds. The highest BCUT2D eigenvalue weighted by Gasteiger charge is 2.48. The van der Waals surface area contributed by atoms with Gasteiger partial charge in [0.1, 0.15) is 24.1 Å². The van der Waals surface area contributed by atoms with Crippen LogP contribution in [0.3, 0.4) is 0 Å². The van der Waals surface area contributed by atoms with E-state index in [1.165, 1.54) is 13.0 Å². The molecule has 1 aromatic rings. The largest absolute Gasteiger partial charge is 0.497 e. The third-order valence-corrected chi connectivity index (χ3v) is 4.48. The lowest BCUT2D eigenvalue weighted by Gasteiger charge is -2.44. The fourth-order valence-corrected chi connectivity index (χ4v) is 3.14. The summed E-state index contributed by atoms with van der Waals surface area (Å²) in [6.07, 6.45) is 1.35. The van der Waals surface area contributed by atoms with Crippen molar-refractivity contribution >= 4 is 11.8 Å². The van der Waals surface area contributed by atoms with Crippen molar-refractivity contribution in [2.45, 2.75) is 43.9 Å². The van der Waals surface area contributed by atoms with E-state index in [2.05, 4.69) is 0 Å². The molecule has 7 nitrogen and oxygen atoms in total. The van der Waals surface area contributed by atoms with Gasteiger partial charge < -0.3 is 24.1 Å². The lowest BCUT2D eigenvalue weighted by Crippen LogP contribution is -2.56. The Balaban J connectivity index is 1.74. The number of rotatable bonds is 4. The van der Waals surface area contributed by atoms with Gasteiger partial charge in [0.15, 0.2) is 5.78 Å².